The second-order valence-corrected chi connectivity index (χ2v) is 8.25. The number of para-hydroxylation sites is 1. The smallest absolute Gasteiger partial charge is 0.282 e. The molecule has 9 nitrogen and oxygen atoms in total. The number of halogens is 1. The molecule has 1 aromatic carbocycles. The summed E-state index contributed by atoms with van der Waals surface area (Å²) < 4.78 is 4.12. The van der Waals surface area contributed by atoms with E-state index in [1.165, 1.54) is 6.33 Å². The number of aromatic nitrogens is 7. The number of nitrogens with one attached hydrogen (secondary N) is 1. The number of rotatable bonds is 3. The molecule has 0 spiro atoms. The van der Waals surface area contributed by atoms with Crippen LogP contribution in [-0.2, 0) is 0 Å². The lowest BCUT2D eigenvalue weighted by Gasteiger charge is -2.27. The molecule has 1 aliphatic rings. The number of hydrogen-bond donors (Lipinski definition) is 1. The van der Waals surface area contributed by atoms with Crippen molar-refractivity contribution < 1.29 is 0 Å². The second kappa shape index (κ2) is 8.06. The normalized spacial score (nSPS) is 16.0. The molecule has 0 amide bonds. The SMILES string of the molecule is O=c1c2cccn2nc([C@@H]2CCCN2c2ncnc3n[nH]c(Br)c23)n1-c1ccccc1.S. The lowest BCUT2D eigenvalue weighted by Crippen LogP contribution is -2.33. The van der Waals surface area contributed by atoms with Gasteiger partial charge in [0.25, 0.3) is 5.56 Å². The Morgan fingerprint density at radius 1 is 1.09 bits per heavy atom. The van der Waals surface area contributed by atoms with E-state index in [0.717, 1.165) is 40.9 Å². The average molecular weight is 511 g/mol. The standard InChI is InChI=1S/C21H17BrN8O.H2S/c22-17-16-18(26-25-17)23-12-24-20(16)28-10-4-8-14(28)19-27-29-11-5-9-15(29)21(31)30(19)13-6-2-1-3-7-13;/h1-3,5-7,9,11-12,14H,4,8,10H2,(H,23,24,25,26);1H2/t14-;/m0./s1. The number of hydrogen-bond acceptors (Lipinski definition) is 6. The molecule has 1 atom stereocenters. The molecule has 0 bridgehead atoms. The fraction of sp³-hybridized carbons (Fsp3) is 0.190. The first-order valence-electron chi connectivity index (χ1n) is 9.99. The molecule has 0 saturated carbocycles. The van der Waals surface area contributed by atoms with Crippen LogP contribution < -0.4 is 10.5 Å². The van der Waals surface area contributed by atoms with Crippen molar-refractivity contribution in [2.45, 2.75) is 18.9 Å². The summed E-state index contributed by atoms with van der Waals surface area (Å²) in [5.74, 6) is 1.46. The maximum absolute atomic E-state index is 13.5. The van der Waals surface area contributed by atoms with Crippen LogP contribution in [0.15, 0.2) is 64.4 Å². The van der Waals surface area contributed by atoms with Crippen molar-refractivity contribution in [3.63, 3.8) is 0 Å². The van der Waals surface area contributed by atoms with E-state index in [9.17, 15) is 4.79 Å². The molecule has 162 valence electrons. The lowest BCUT2D eigenvalue weighted by molar-refractivity contribution is 0.602. The maximum atomic E-state index is 13.5. The molecule has 1 fully saturated rings. The highest BCUT2D eigenvalue weighted by Crippen LogP contribution is 2.38. The predicted octanol–water partition coefficient (Wildman–Crippen LogP) is 3.37. The molecular weight excluding hydrogens is 492 g/mol. The summed E-state index contributed by atoms with van der Waals surface area (Å²) in [6.07, 6.45) is 5.14. The van der Waals surface area contributed by atoms with Crippen LogP contribution in [0.5, 0.6) is 0 Å². The van der Waals surface area contributed by atoms with E-state index in [-0.39, 0.29) is 25.1 Å². The zero-order valence-corrected chi connectivity index (χ0v) is 19.4. The van der Waals surface area contributed by atoms with Crippen LogP contribution in [0.1, 0.15) is 24.7 Å². The maximum Gasteiger partial charge on any atom is 0.282 e. The molecule has 5 aromatic rings. The fourth-order valence-corrected chi connectivity index (χ4v) is 4.80. The minimum absolute atomic E-state index is 0. The van der Waals surface area contributed by atoms with E-state index in [1.807, 2.05) is 42.6 Å². The Kier molecular flexibility index (Phi) is 5.22. The molecule has 1 aliphatic heterocycles. The number of nitrogens with zero attached hydrogens (tertiary/aromatic N) is 7. The van der Waals surface area contributed by atoms with Crippen LogP contribution in [0, 0.1) is 0 Å². The van der Waals surface area contributed by atoms with Crippen LogP contribution in [0.3, 0.4) is 0 Å². The highest BCUT2D eigenvalue weighted by Gasteiger charge is 2.34. The minimum atomic E-state index is -0.125. The quantitative estimate of drug-likeness (QED) is 0.399. The summed E-state index contributed by atoms with van der Waals surface area (Å²) in [5.41, 5.74) is 1.84. The Labute approximate surface area is 197 Å². The summed E-state index contributed by atoms with van der Waals surface area (Å²) in [5, 5.41) is 12.9. The largest absolute Gasteiger partial charge is 0.346 e. The van der Waals surface area contributed by atoms with Crippen molar-refractivity contribution in [2.75, 3.05) is 11.4 Å². The van der Waals surface area contributed by atoms with Gasteiger partial charge in [-0.1, -0.05) is 18.2 Å². The summed E-state index contributed by atoms with van der Waals surface area (Å²) in [6.45, 7) is 0.794. The van der Waals surface area contributed by atoms with Crippen molar-refractivity contribution in [1.82, 2.24) is 34.3 Å². The highest BCUT2D eigenvalue weighted by molar-refractivity contribution is 9.10. The molecule has 5 heterocycles. The van der Waals surface area contributed by atoms with Gasteiger partial charge in [0, 0.05) is 12.7 Å². The van der Waals surface area contributed by atoms with Gasteiger partial charge in [0.1, 0.15) is 22.3 Å². The van der Waals surface area contributed by atoms with Crippen molar-refractivity contribution >= 4 is 51.8 Å². The van der Waals surface area contributed by atoms with Crippen molar-refractivity contribution in [3.05, 3.63) is 75.8 Å². The van der Waals surface area contributed by atoms with E-state index in [4.69, 9.17) is 5.10 Å². The first-order chi connectivity index (χ1) is 15.2. The summed E-state index contributed by atoms with van der Waals surface area (Å²) >= 11 is 3.53. The van der Waals surface area contributed by atoms with Gasteiger partial charge in [-0.25, -0.2) is 14.5 Å². The summed E-state index contributed by atoms with van der Waals surface area (Å²) in [6, 6.07) is 13.2. The molecule has 0 aliphatic carbocycles. The summed E-state index contributed by atoms with van der Waals surface area (Å²) in [4.78, 5) is 24.5. The Morgan fingerprint density at radius 3 is 2.78 bits per heavy atom. The Balaban J connectivity index is 0.00000216. The van der Waals surface area contributed by atoms with Gasteiger partial charge in [-0.15, -0.1) is 0 Å². The molecule has 1 N–H and O–H groups in total. The van der Waals surface area contributed by atoms with Gasteiger partial charge >= 0.3 is 0 Å². The van der Waals surface area contributed by atoms with Crippen LogP contribution in [0.25, 0.3) is 22.2 Å². The van der Waals surface area contributed by atoms with Gasteiger partial charge in [0.15, 0.2) is 11.5 Å². The number of benzene rings is 1. The zero-order chi connectivity index (χ0) is 20.9. The lowest BCUT2D eigenvalue weighted by atomic mass is 10.2. The predicted molar refractivity (Wildman–Crippen MR) is 130 cm³/mol. The fourth-order valence-electron chi connectivity index (χ4n) is 4.36. The molecule has 32 heavy (non-hydrogen) atoms. The second-order valence-electron chi connectivity index (χ2n) is 7.46. The van der Waals surface area contributed by atoms with E-state index in [2.05, 4.69) is 41.0 Å². The molecule has 11 heteroatoms. The summed E-state index contributed by atoms with van der Waals surface area (Å²) in [7, 11) is 0. The minimum Gasteiger partial charge on any atom is -0.346 e. The number of fused-ring (bicyclic) bond motifs is 2. The van der Waals surface area contributed by atoms with E-state index in [0.29, 0.717) is 17.0 Å². The highest BCUT2D eigenvalue weighted by atomic mass is 79.9. The molecule has 0 radical (unpaired) electrons. The first kappa shape index (κ1) is 20.7. The van der Waals surface area contributed by atoms with Crippen LogP contribution in [0.4, 0.5) is 5.82 Å². The van der Waals surface area contributed by atoms with Gasteiger partial charge in [-0.3, -0.25) is 14.5 Å². The molecule has 1 saturated heterocycles. The molecule has 4 aromatic heterocycles. The monoisotopic (exact) mass is 510 g/mol. The van der Waals surface area contributed by atoms with E-state index < -0.39 is 0 Å². The van der Waals surface area contributed by atoms with Gasteiger partial charge in [-0.2, -0.15) is 23.7 Å². The van der Waals surface area contributed by atoms with Crippen molar-refractivity contribution in [2.24, 2.45) is 0 Å². The van der Waals surface area contributed by atoms with Gasteiger partial charge in [-0.05, 0) is 53.0 Å². The number of anilines is 1. The van der Waals surface area contributed by atoms with E-state index >= 15 is 0 Å². The average Bonchev–Trinajstić information content (AvgIpc) is 3.54. The third kappa shape index (κ3) is 3.11. The third-order valence-corrected chi connectivity index (χ3v) is 6.29. The van der Waals surface area contributed by atoms with E-state index in [1.54, 1.807) is 15.1 Å². The van der Waals surface area contributed by atoms with Crippen LogP contribution in [-0.4, -0.2) is 40.9 Å². The molecular formula is C21H19BrN8OS. The Hall–Kier alpha value is -3.18. The zero-order valence-electron chi connectivity index (χ0n) is 16.8. The topological polar surface area (TPSA) is 97.0 Å². The van der Waals surface area contributed by atoms with Crippen LogP contribution in [0.2, 0.25) is 0 Å². The third-order valence-electron chi connectivity index (χ3n) is 5.71. The Bertz CT molecular complexity index is 1480. The first-order valence-corrected chi connectivity index (χ1v) is 10.8. The van der Waals surface area contributed by atoms with Gasteiger partial charge in [0.2, 0.25) is 0 Å². The van der Waals surface area contributed by atoms with Crippen LogP contribution >= 0.6 is 29.4 Å². The van der Waals surface area contributed by atoms with Crippen molar-refractivity contribution in [3.8, 4) is 5.69 Å². The van der Waals surface area contributed by atoms with Crippen molar-refractivity contribution in [1.29, 1.82) is 0 Å². The number of H-pyrrole nitrogens is 1. The molecule has 0 unspecified atom stereocenters. The number of aromatic amines is 1. The Morgan fingerprint density at radius 2 is 1.94 bits per heavy atom. The van der Waals surface area contributed by atoms with Gasteiger partial charge < -0.3 is 4.90 Å². The van der Waals surface area contributed by atoms with Gasteiger partial charge in [0.05, 0.1) is 17.1 Å². The molecule has 6 rings (SSSR count).